The Kier molecular flexibility index (Phi) is 4.46. The summed E-state index contributed by atoms with van der Waals surface area (Å²) in [5.74, 6) is 0.589. The third-order valence-corrected chi connectivity index (χ3v) is 3.91. The number of rotatable bonds is 3. The number of H-pyrrole nitrogens is 1. The van der Waals surface area contributed by atoms with Crippen LogP contribution in [0.15, 0.2) is 41.2 Å². The van der Waals surface area contributed by atoms with Crippen LogP contribution in [0.4, 0.5) is 0 Å². The summed E-state index contributed by atoms with van der Waals surface area (Å²) in [4.78, 5) is 19.1. The van der Waals surface area contributed by atoms with Gasteiger partial charge in [-0.2, -0.15) is 0 Å². The highest BCUT2D eigenvalue weighted by Crippen LogP contribution is 2.29. The molecule has 1 heterocycles. The number of nitrogens with zero attached hydrogens (tertiary/aromatic N) is 1. The average molecular weight is 363 g/mol. The van der Waals surface area contributed by atoms with Crippen LogP contribution < -0.4 is 10.3 Å². The first-order chi connectivity index (χ1) is 11.5. The van der Waals surface area contributed by atoms with Gasteiger partial charge in [0.05, 0.1) is 23.0 Å². The summed E-state index contributed by atoms with van der Waals surface area (Å²) >= 11 is 12.2. The fraction of sp³-hybridized carbons (Fsp3) is 0.0588. The van der Waals surface area contributed by atoms with Crippen LogP contribution in [0.1, 0.15) is 11.4 Å². The van der Waals surface area contributed by atoms with E-state index in [1.165, 1.54) is 13.2 Å². The van der Waals surface area contributed by atoms with Crippen LogP contribution in [0.2, 0.25) is 5.02 Å². The molecule has 0 bridgehead atoms. The molecule has 122 valence electrons. The topological polar surface area (TPSA) is 75.2 Å². The summed E-state index contributed by atoms with van der Waals surface area (Å²) in [6, 6.07) is 9.64. The first-order valence-electron chi connectivity index (χ1n) is 6.92. The monoisotopic (exact) mass is 362 g/mol. The minimum Gasteiger partial charge on any atom is -0.504 e. The minimum absolute atomic E-state index is 0.0277. The highest BCUT2D eigenvalue weighted by Gasteiger charge is 2.08. The second-order valence-corrected chi connectivity index (χ2v) is 5.84. The number of ether oxygens (including phenoxy) is 1. The number of aromatic amines is 1. The molecule has 3 rings (SSSR count). The van der Waals surface area contributed by atoms with Crippen LogP contribution in [-0.2, 0) is 0 Å². The maximum Gasteiger partial charge on any atom is 0.259 e. The van der Waals surface area contributed by atoms with Gasteiger partial charge in [-0.3, -0.25) is 4.79 Å². The SMILES string of the molecule is COc1cc(C=C(Cl)c2nc3ccc(Cl)cc3c(=O)[nH]2)ccc1O. The van der Waals surface area contributed by atoms with Gasteiger partial charge in [0.2, 0.25) is 0 Å². The molecule has 7 heteroatoms. The number of hydrogen-bond donors (Lipinski definition) is 2. The van der Waals surface area contributed by atoms with Crippen molar-refractivity contribution in [2.24, 2.45) is 0 Å². The van der Waals surface area contributed by atoms with E-state index in [4.69, 9.17) is 27.9 Å². The lowest BCUT2D eigenvalue weighted by atomic mass is 10.2. The standard InChI is InChI=1S/C17H12Cl2N2O3/c1-24-15-7-9(2-5-14(15)22)6-12(19)16-20-13-4-3-10(18)8-11(13)17(23)21-16/h2-8,22H,1H3,(H,20,21,23). The van der Waals surface area contributed by atoms with Gasteiger partial charge in [-0.05, 0) is 42.0 Å². The van der Waals surface area contributed by atoms with E-state index in [1.54, 1.807) is 36.4 Å². The quantitative estimate of drug-likeness (QED) is 0.737. The number of aromatic nitrogens is 2. The number of phenols is 1. The van der Waals surface area contributed by atoms with Gasteiger partial charge in [0, 0.05) is 5.02 Å². The lowest BCUT2D eigenvalue weighted by molar-refractivity contribution is 0.373. The smallest absolute Gasteiger partial charge is 0.259 e. The summed E-state index contributed by atoms with van der Waals surface area (Å²) in [6.07, 6.45) is 1.61. The highest BCUT2D eigenvalue weighted by atomic mass is 35.5. The van der Waals surface area contributed by atoms with Gasteiger partial charge >= 0.3 is 0 Å². The Bertz CT molecular complexity index is 1010. The molecule has 0 amide bonds. The average Bonchev–Trinajstić information content (AvgIpc) is 2.57. The molecule has 0 radical (unpaired) electrons. The van der Waals surface area contributed by atoms with E-state index in [0.717, 1.165) is 0 Å². The first-order valence-corrected chi connectivity index (χ1v) is 7.67. The van der Waals surface area contributed by atoms with Gasteiger partial charge < -0.3 is 14.8 Å². The third kappa shape index (κ3) is 3.22. The Morgan fingerprint density at radius 3 is 2.83 bits per heavy atom. The van der Waals surface area contributed by atoms with Crippen molar-refractivity contribution in [1.82, 2.24) is 9.97 Å². The van der Waals surface area contributed by atoms with E-state index in [2.05, 4.69) is 9.97 Å². The minimum atomic E-state index is -0.327. The van der Waals surface area contributed by atoms with Crippen LogP contribution in [0.3, 0.4) is 0 Å². The number of halogens is 2. The van der Waals surface area contributed by atoms with Crippen molar-refractivity contribution in [1.29, 1.82) is 0 Å². The molecule has 0 saturated heterocycles. The molecule has 1 aromatic heterocycles. The van der Waals surface area contributed by atoms with Crippen LogP contribution in [0, 0.1) is 0 Å². The molecule has 0 fully saturated rings. The van der Waals surface area contributed by atoms with Gasteiger partial charge in [0.1, 0.15) is 0 Å². The second kappa shape index (κ2) is 6.55. The first kappa shape index (κ1) is 16.4. The zero-order valence-corrected chi connectivity index (χ0v) is 14.0. The van der Waals surface area contributed by atoms with Crippen LogP contribution in [0.5, 0.6) is 11.5 Å². The molecule has 0 spiro atoms. The highest BCUT2D eigenvalue weighted by molar-refractivity contribution is 6.50. The van der Waals surface area contributed by atoms with Crippen molar-refractivity contribution < 1.29 is 9.84 Å². The number of hydrogen-bond acceptors (Lipinski definition) is 4. The van der Waals surface area contributed by atoms with Gasteiger partial charge in [-0.1, -0.05) is 29.3 Å². The number of methoxy groups -OCH3 is 1. The molecule has 5 nitrogen and oxygen atoms in total. The summed E-state index contributed by atoms with van der Waals surface area (Å²) < 4.78 is 5.05. The van der Waals surface area contributed by atoms with Crippen molar-refractivity contribution >= 4 is 45.2 Å². The van der Waals surface area contributed by atoms with E-state index in [1.807, 2.05) is 0 Å². The molecular formula is C17H12Cl2N2O3. The molecule has 0 aliphatic rings. The maximum atomic E-state index is 12.2. The number of fused-ring (bicyclic) bond motifs is 1. The van der Waals surface area contributed by atoms with Crippen molar-refractivity contribution in [3.05, 3.63) is 63.2 Å². The van der Waals surface area contributed by atoms with E-state index >= 15 is 0 Å². The van der Waals surface area contributed by atoms with Crippen LogP contribution >= 0.6 is 23.2 Å². The zero-order chi connectivity index (χ0) is 17.3. The van der Waals surface area contributed by atoms with E-state index < -0.39 is 0 Å². The molecule has 2 N–H and O–H groups in total. The predicted octanol–water partition coefficient (Wildman–Crippen LogP) is 4.03. The van der Waals surface area contributed by atoms with Gasteiger partial charge in [-0.25, -0.2) is 4.98 Å². The normalized spacial score (nSPS) is 11.7. The summed E-state index contributed by atoms with van der Waals surface area (Å²) in [6.45, 7) is 0. The van der Waals surface area contributed by atoms with Gasteiger partial charge in [0.25, 0.3) is 5.56 Å². The Morgan fingerprint density at radius 2 is 2.08 bits per heavy atom. The van der Waals surface area contributed by atoms with Crippen molar-refractivity contribution in [2.45, 2.75) is 0 Å². The second-order valence-electron chi connectivity index (χ2n) is 5.00. The lowest BCUT2D eigenvalue weighted by Crippen LogP contribution is -2.10. The van der Waals surface area contributed by atoms with E-state index in [9.17, 15) is 9.90 Å². The molecule has 0 aliphatic carbocycles. The Hall–Kier alpha value is -2.50. The van der Waals surface area contributed by atoms with Gasteiger partial charge in [0.15, 0.2) is 17.3 Å². The summed E-state index contributed by atoms with van der Waals surface area (Å²) in [7, 11) is 1.46. The summed E-state index contributed by atoms with van der Waals surface area (Å²) in [5, 5.41) is 10.7. The largest absolute Gasteiger partial charge is 0.504 e. The Morgan fingerprint density at radius 1 is 1.29 bits per heavy atom. The van der Waals surface area contributed by atoms with E-state index in [-0.39, 0.29) is 22.2 Å². The number of nitrogens with one attached hydrogen (secondary N) is 1. The Balaban J connectivity index is 2.06. The molecule has 0 atom stereocenters. The molecule has 2 aromatic carbocycles. The Labute approximate surface area is 147 Å². The van der Waals surface area contributed by atoms with Crippen molar-refractivity contribution in [2.75, 3.05) is 7.11 Å². The lowest BCUT2D eigenvalue weighted by Gasteiger charge is -2.05. The molecule has 0 aliphatic heterocycles. The number of benzene rings is 2. The number of aromatic hydroxyl groups is 1. The molecular weight excluding hydrogens is 351 g/mol. The van der Waals surface area contributed by atoms with Crippen LogP contribution in [0.25, 0.3) is 22.0 Å². The maximum absolute atomic E-state index is 12.2. The van der Waals surface area contributed by atoms with Gasteiger partial charge in [-0.15, -0.1) is 0 Å². The van der Waals surface area contributed by atoms with Crippen molar-refractivity contribution in [3.63, 3.8) is 0 Å². The van der Waals surface area contributed by atoms with Crippen LogP contribution in [-0.4, -0.2) is 22.2 Å². The zero-order valence-electron chi connectivity index (χ0n) is 12.5. The van der Waals surface area contributed by atoms with E-state index in [0.29, 0.717) is 27.2 Å². The predicted molar refractivity (Wildman–Crippen MR) is 95.8 cm³/mol. The molecule has 3 aromatic rings. The molecule has 0 unspecified atom stereocenters. The van der Waals surface area contributed by atoms with Crippen molar-refractivity contribution in [3.8, 4) is 11.5 Å². The fourth-order valence-corrected chi connectivity index (χ4v) is 2.61. The molecule has 0 saturated carbocycles. The number of phenolic OH excluding ortho intramolecular Hbond substituents is 1. The summed E-state index contributed by atoms with van der Waals surface area (Å²) in [5.41, 5.74) is 0.855. The fourth-order valence-electron chi connectivity index (χ4n) is 2.22. The molecule has 24 heavy (non-hydrogen) atoms. The third-order valence-electron chi connectivity index (χ3n) is 3.39.